The summed E-state index contributed by atoms with van der Waals surface area (Å²) in [6.45, 7) is 2.20. The van der Waals surface area contributed by atoms with Crippen LogP contribution >= 0.6 is 11.3 Å². The van der Waals surface area contributed by atoms with Gasteiger partial charge in [0.25, 0.3) is 0 Å². The Hall–Kier alpha value is -2.33. The molecule has 1 aromatic heterocycles. The maximum absolute atomic E-state index is 11.2. The molecule has 106 valence electrons. The summed E-state index contributed by atoms with van der Waals surface area (Å²) in [4.78, 5) is 11.2. The first-order valence-electron chi connectivity index (χ1n) is 6.79. The van der Waals surface area contributed by atoms with Crippen LogP contribution in [0.15, 0.2) is 53.9 Å². The van der Waals surface area contributed by atoms with Crippen molar-refractivity contribution >= 4 is 38.7 Å². The second kappa shape index (κ2) is 5.97. The van der Waals surface area contributed by atoms with Crippen molar-refractivity contribution in [3.8, 4) is 0 Å². The van der Waals surface area contributed by atoms with Crippen molar-refractivity contribution in [1.82, 2.24) is 0 Å². The van der Waals surface area contributed by atoms with Gasteiger partial charge in [0.05, 0.1) is 0 Å². The zero-order chi connectivity index (χ0) is 14.7. The first-order valence-corrected chi connectivity index (χ1v) is 7.67. The van der Waals surface area contributed by atoms with Crippen molar-refractivity contribution in [3.63, 3.8) is 0 Å². The topological polar surface area (TPSA) is 41.1 Å². The van der Waals surface area contributed by atoms with Gasteiger partial charge in [-0.25, -0.2) is 0 Å². The third kappa shape index (κ3) is 3.23. The zero-order valence-electron chi connectivity index (χ0n) is 11.7. The molecule has 0 aliphatic heterocycles. The molecule has 0 aliphatic carbocycles. The molecule has 0 aliphatic rings. The summed E-state index contributed by atoms with van der Waals surface area (Å²) < 4.78 is 1.29. The summed E-state index contributed by atoms with van der Waals surface area (Å²) in [5.74, 6) is -0.0536. The maximum atomic E-state index is 11.2. The SMILES string of the molecule is CC(=O)Nc1ccccc1CNc1ccc2sccc2c1. The Morgan fingerprint density at radius 1 is 1.14 bits per heavy atom. The molecule has 21 heavy (non-hydrogen) atoms. The molecule has 2 N–H and O–H groups in total. The normalized spacial score (nSPS) is 10.5. The molecule has 0 atom stereocenters. The fraction of sp³-hybridized carbons (Fsp3) is 0.118. The minimum absolute atomic E-state index is 0.0536. The molecule has 4 heteroatoms. The first-order chi connectivity index (χ1) is 10.2. The molecule has 0 unspecified atom stereocenters. The Kier molecular flexibility index (Phi) is 3.88. The number of carbonyl (C=O) groups is 1. The predicted octanol–water partition coefficient (Wildman–Crippen LogP) is 4.47. The van der Waals surface area contributed by atoms with Crippen molar-refractivity contribution in [1.29, 1.82) is 0 Å². The van der Waals surface area contributed by atoms with Crippen LogP contribution in [0, 0.1) is 0 Å². The lowest BCUT2D eigenvalue weighted by Gasteiger charge is -2.11. The van der Waals surface area contributed by atoms with Gasteiger partial charge in [0.15, 0.2) is 0 Å². The number of hydrogen-bond donors (Lipinski definition) is 2. The van der Waals surface area contributed by atoms with Crippen LogP contribution in [0.2, 0.25) is 0 Å². The third-order valence-electron chi connectivity index (χ3n) is 3.26. The largest absolute Gasteiger partial charge is 0.381 e. The molecule has 0 spiro atoms. The summed E-state index contributed by atoms with van der Waals surface area (Å²) in [6, 6.07) is 16.3. The number of anilines is 2. The molecule has 1 heterocycles. The number of hydrogen-bond acceptors (Lipinski definition) is 3. The summed E-state index contributed by atoms with van der Waals surface area (Å²) in [5.41, 5.74) is 3.01. The molecule has 0 fully saturated rings. The Morgan fingerprint density at radius 2 is 2.00 bits per heavy atom. The van der Waals surface area contributed by atoms with E-state index in [-0.39, 0.29) is 5.91 Å². The lowest BCUT2D eigenvalue weighted by molar-refractivity contribution is -0.114. The van der Waals surface area contributed by atoms with Crippen LogP contribution in [-0.4, -0.2) is 5.91 Å². The van der Waals surface area contributed by atoms with Gasteiger partial charge in [0, 0.05) is 29.5 Å². The highest BCUT2D eigenvalue weighted by atomic mass is 32.1. The highest BCUT2D eigenvalue weighted by molar-refractivity contribution is 7.17. The van der Waals surface area contributed by atoms with Gasteiger partial charge in [-0.2, -0.15) is 0 Å². The molecule has 3 aromatic rings. The molecule has 0 saturated heterocycles. The molecule has 1 amide bonds. The Morgan fingerprint density at radius 3 is 2.86 bits per heavy atom. The van der Waals surface area contributed by atoms with Crippen molar-refractivity contribution in [2.24, 2.45) is 0 Å². The van der Waals surface area contributed by atoms with Crippen LogP contribution in [0.1, 0.15) is 12.5 Å². The van der Waals surface area contributed by atoms with E-state index in [1.807, 2.05) is 24.3 Å². The second-order valence-electron chi connectivity index (χ2n) is 4.87. The smallest absolute Gasteiger partial charge is 0.221 e. The molecule has 3 rings (SSSR count). The summed E-state index contributed by atoms with van der Waals surface area (Å²) >= 11 is 1.74. The molecule has 3 nitrogen and oxygen atoms in total. The highest BCUT2D eigenvalue weighted by Crippen LogP contribution is 2.25. The van der Waals surface area contributed by atoms with Gasteiger partial charge in [-0.15, -0.1) is 11.3 Å². The summed E-state index contributed by atoms with van der Waals surface area (Å²) in [7, 11) is 0. The minimum Gasteiger partial charge on any atom is -0.381 e. The van der Waals surface area contributed by atoms with Crippen molar-refractivity contribution in [2.75, 3.05) is 10.6 Å². The predicted molar refractivity (Wildman–Crippen MR) is 89.9 cm³/mol. The Bertz CT molecular complexity index is 779. The number of benzene rings is 2. The van der Waals surface area contributed by atoms with Gasteiger partial charge in [-0.1, -0.05) is 18.2 Å². The van der Waals surface area contributed by atoms with Gasteiger partial charge in [0.1, 0.15) is 0 Å². The van der Waals surface area contributed by atoms with Crippen LogP contribution in [-0.2, 0) is 11.3 Å². The minimum atomic E-state index is -0.0536. The fourth-order valence-electron chi connectivity index (χ4n) is 2.26. The highest BCUT2D eigenvalue weighted by Gasteiger charge is 2.03. The first kappa shape index (κ1) is 13.6. The molecular formula is C17H16N2OS. The van der Waals surface area contributed by atoms with Crippen molar-refractivity contribution < 1.29 is 4.79 Å². The van der Waals surface area contributed by atoms with Crippen LogP contribution in [0.3, 0.4) is 0 Å². The third-order valence-corrected chi connectivity index (χ3v) is 4.16. The van der Waals surface area contributed by atoms with E-state index in [0.29, 0.717) is 6.54 Å². The van der Waals surface area contributed by atoms with Crippen molar-refractivity contribution in [2.45, 2.75) is 13.5 Å². The number of thiophene rings is 1. The zero-order valence-corrected chi connectivity index (χ0v) is 12.5. The van der Waals surface area contributed by atoms with Gasteiger partial charge >= 0.3 is 0 Å². The lowest BCUT2D eigenvalue weighted by atomic mass is 10.1. The number of fused-ring (bicyclic) bond motifs is 1. The number of amides is 1. The van der Waals surface area contributed by atoms with E-state index in [4.69, 9.17) is 0 Å². The van der Waals surface area contributed by atoms with E-state index in [0.717, 1.165) is 16.9 Å². The van der Waals surface area contributed by atoms with Gasteiger partial charge < -0.3 is 10.6 Å². The average molecular weight is 296 g/mol. The van der Waals surface area contributed by atoms with E-state index >= 15 is 0 Å². The number of carbonyl (C=O) groups excluding carboxylic acids is 1. The van der Waals surface area contributed by atoms with Crippen LogP contribution in [0.25, 0.3) is 10.1 Å². The maximum Gasteiger partial charge on any atom is 0.221 e. The quantitative estimate of drug-likeness (QED) is 0.745. The molecule has 0 bridgehead atoms. The molecule has 0 saturated carbocycles. The average Bonchev–Trinajstić information content (AvgIpc) is 2.93. The molecule has 0 radical (unpaired) electrons. The van der Waals surface area contributed by atoms with E-state index in [2.05, 4.69) is 40.3 Å². The van der Waals surface area contributed by atoms with Crippen molar-refractivity contribution in [3.05, 3.63) is 59.5 Å². The summed E-state index contributed by atoms with van der Waals surface area (Å²) in [6.07, 6.45) is 0. The molecule has 2 aromatic carbocycles. The Balaban J connectivity index is 1.76. The van der Waals surface area contributed by atoms with E-state index < -0.39 is 0 Å². The molecular weight excluding hydrogens is 280 g/mol. The monoisotopic (exact) mass is 296 g/mol. The standard InChI is InChI=1S/C17H16N2OS/c1-12(20)19-16-5-3-2-4-14(16)11-18-15-6-7-17-13(10-15)8-9-21-17/h2-10,18H,11H2,1H3,(H,19,20). The number of rotatable bonds is 4. The fourth-order valence-corrected chi connectivity index (χ4v) is 3.03. The Labute approximate surface area is 127 Å². The van der Waals surface area contributed by atoms with Gasteiger partial charge in [-0.05, 0) is 46.7 Å². The van der Waals surface area contributed by atoms with Crippen LogP contribution in [0.5, 0.6) is 0 Å². The van der Waals surface area contributed by atoms with E-state index in [1.165, 1.54) is 17.0 Å². The lowest BCUT2D eigenvalue weighted by Crippen LogP contribution is -2.10. The second-order valence-corrected chi connectivity index (χ2v) is 5.81. The van der Waals surface area contributed by atoms with E-state index in [1.54, 1.807) is 11.3 Å². The van der Waals surface area contributed by atoms with Gasteiger partial charge in [-0.3, -0.25) is 4.79 Å². The van der Waals surface area contributed by atoms with Gasteiger partial charge in [0.2, 0.25) is 5.91 Å². The summed E-state index contributed by atoms with van der Waals surface area (Å²) in [5, 5.41) is 9.62. The van der Waals surface area contributed by atoms with Crippen LogP contribution < -0.4 is 10.6 Å². The number of nitrogens with one attached hydrogen (secondary N) is 2. The van der Waals surface area contributed by atoms with Crippen LogP contribution in [0.4, 0.5) is 11.4 Å². The number of para-hydroxylation sites is 1. The van der Waals surface area contributed by atoms with E-state index in [9.17, 15) is 4.79 Å².